The van der Waals surface area contributed by atoms with Gasteiger partial charge in [0.1, 0.15) is 5.82 Å². The molecule has 0 unspecified atom stereocenters. The fraction of sp³-hybridized carbons (Fsp3) is 0.444. The average Bonchev–Trinajstić information content (AvgIpc) is 2.05. The Morgan fingerprint density at radius 3 is 2.83 bits per heavy atom. The highest BCUT2D eigenvalue weighted by atomic mass is 16.5. The summed E-state index contributed by atoms with van der Waals surface area (Å²) in [6, 6.07) is 3.97. The molecule has 0 spiro atoms. The van der Waals surface area contributed by atoms with E-state index in [-0.39, 0.29) is 0 Å². The molecule has 1 aromatic heterocycles. The molecule has 0 radical (unpaired) electrons. The Kier molecular flexibility index (Phi) is 3.05. The molecule has 3 heteroatoms. The number of pyridine rings is 1. The van der Waals surface area contributed by atoms with Gasteiger partial charge in [-0.15, -0.1) is 0 Å². The summed E-state index contributed by atoms with van der Waals surface area (Å²) in [5, 5.41) is 0. The summed E-state index contributed by atoms with van der Waals surface area (Å²) in [5.74, 6) is 0.963. The van der Waals surface area contributed by atoms with Crippen LogP contribution < -0.4 is 4.90 Å². The maximum atomic E-state index is 5.02. The number of aromatic nitrogens is 1. The Hall–Kier alpha value is -1.09. The van der Waals surface area contributed by atoms with E-state index in [0.29, 0.717) is 6.61 Å². The largest absolute Gasteiger partial charge is 0.380 e. The van der Waals surface area contributed by atoms with Crippen molar-refractivity contribution < 1.29 is 4.74 Å². The summed E-state index contributed by atoms with van der Waals surface area (Å²) in [4.78, 5) is 6.16. The van der Waals surface area contributed by atoms with E-state index >= 15 is 0 Å². The fourth-order valence-corrected chi connectivity index (χ4v) is 0.962. The summed E-state index contributed by atoms with van der Waals surface area (Å²) in [6.07, 6.45) is 1.80. The van der Waals surface area contributed by atoms with Crippen LogP contribution in [0, 0.1) is 0 Å². The van der Waals surface area contributed by atoms with E-state index in [2.05, 4.69) is 4.98 Å². The number of anilines is 1. The second-order valence-corrected chi connectivity index (χ2v) is 2.85. The van der Waals surface area contributed by atoms with E-state index in [4.69, 9.17) is 4.74 Å². The number of methoxy groups -OCH3 is 1. The lowest BCUT2D eigenvalue weighted by molar-refractivity contribution is 0.185. The minimum absolute atomic E-state index is 0.642. The molecule has 0 atom stereocenters. The van der Waals surface area contributed by atoms with E-state index in [0.717, 1.165) is 11.4 Å². The first kappa shape index (κ1) is 9.00. The van der Waals surface area contributed by atoms with Crippen molar-refractivity contribution in [3.63, 3.8) is 0 Å². The average molecular weight is 166 g/mol. The first-order valence-corrected chi connectivity index (χ1v) is 3.85. The zero-order valence-corrected chi connectivity index (χ0v) is 7.74. The molecule has 0 bridgehead atoms. The van der Waals surface area contributed by atoms with Gasteiger partial charge in [-0.2, -0.15) is 0 Å². The van der Waals surface area contributed by atoms with Crippen LogP contribution in [0.3, 0.4) is 0 Å². The molecule has 0 saturated carbocycles. The molecule has 0 aliphatic carbocycles. The van der Waals surface area contributed by atoms with Crippen molar-refractivity contribution in [2.24, 2.45) is 0 Å². The van der Waals surface area contributed by atoms with E-state index in [9.17, 15) is 0 Å². The standard InChI is InChI=1S/C9H14N2O/c1-11(2)9-6-8(7-12-3)4-5-10-9/h4-6H,7H2,1-3H3. The van der Waals surface area contributed by atoms with Gasteiger partial charge in [-0.25, -0.2) is 4.98 Å². The molecule has 3 nitrogen and oxygen atoms in total. The maximum Gasteiger partial charge on any atom is 0.128 e. The summed E-state index contributed by atoms with van der Waals surface area (Å²) < 4.78 is 5.02. The van der Waals surface area contributed by atoms with Gasteiger partial charge in [0.2, 0.25) is 0 Å². The highest BCUT2D eigenvalue weighted by Crippen LogP contribution is 2.09. The topological polar surface area (TPSA) is 25.4 Å². The number of hydrogen-bond donors (Lipinski definition) is 0. The number of ether oxygens (including phenoxy) is 1. The second-order valence-electron chi connectivity index (χ2n) is 2.85. The lowest BCUT2D eigenvalue weighted by Gasteiger charge is -2.11. The molecule has 0 aliphatic heterocycles. The Morgan fingerprint density at radius 2 is 2.25 bits per heavy atom. The molecule has 0 aliphatic rings. The first-order valence-electron chi connectivity index (χ1n) is 3.85. The third-order valence-electron chi connectivity index (χ3n) is 1.58. The predicted molar refractivity (Wildman–Crippen MR) is 49.3 cm³/mol. The lowest BCUT2D eigenvalue weighted by Crippen LogP contribution is -2.10. The molecular weight excluding hydrogens is 152 g/mol. The van der Waals surface area contributed by atoms with Crippen molar-refractivity contribution in [3.05, 3.63) is 23.9 Å². The van der Waals surface area contributed by atoms with Crippen LogP contribution in [-0.2, 0) is 11.3 Å². The second kappa shape index (κ2) is 4.07. The Labute approximate surface area is 73.0 Å². The Morgan fingerprint density at radius 1 is 1.50 bits per heavy atom. The van der Waals surface area contributed by atoms with Gasteiger partial charge in [0.15, 0.2) is 0 Å². The SMILES string of the molecule is COCc1ccnc(N(C)C)c1. The Balaban J connectivity index is 2.81. The van der Waals surface area contributed by atoms with Gasteiger partial charge >= 0.3 is 0 Å². The Bertz CT molecular complexity index is 248. The van der Waals surface area contributed by atoms with Crippen LogP contribution in [0.5, 0.6) is 0 Å². The van der Waals surface area contributed by atoms with Crippen molar-refractivity contribution in [1.29, 1.82) is 0 Å². The summed E-state index contributed by atoms with van der Waals surface area (Å²) in [5.41, 5.74) is 1.15. The van der Waals surface area contributed by atoms with Crippen LogP contribution >= 0.6 is 0 Å². The van der Waals surface area contributed by atoms with Crippen LogP contribution in [0.2, 0.25) is 0 Å². The van der Waals surface area contributed by atoms with Gasteiger partial charge in [-0.1, -0.05) is 0 Å². The van der Waals surface area contributed by atoms with Gasteiger partial charge < -0.3 is 9.64 Å². The molecular formula is C9H14N2O. The third kappa shape index (κ3) is 2.20. The molecule has 0 aromatic carbocycles. The van der Waals surface area contributed by atoms with E-state index in [1.54, 1.807) is 13.3 Å². The van der Waals surface area contributed by atoms with Crippen LogP contribution in [0.25, 0.3) is 0 Å². The number of hydrogen-bond acceptors (Lipinski definition) is 3. The third-order valence-corrected chi connectivity index (χ3v) is 1.58. The van der Waals surface area contributed by atoms with Gasteiger partial charge in [0, 0.05) is 27.4 Å². The smallest absolute Gasteiger partial charge is 0.128 e. The van der Waals surface area contributed by atoms with Gasteiger partial charge in [-0.05, 0) is 17.7 Å². The van der Waals surface area contributed by atoms with Crippen molar-refractivity contribution >= 4 is 5.82 Å². The van der Waals surface area contributed by atoms with Crippen LogP contribution in [0.1, 0.15) is 5.56 Å². The molecule has 1 heterocycles. The molecule has 66 valence electrons. The van der Waals surface area contributed by atoms with Crippen molar-refractivity contribution in [3.8, 4) is 0 Å². The minimum Gasteiger partial charge on any atom is -0.380 e. The van der Waals surface area contributed by atoms with E-state index < -0.39 is 0 Å². The van der Waals surface area contributed by atoms with Gasteiger partial charge in [0.05, 0.1) is 6.61 Å². The highest BCUT2D eigenvalue weighted by Gasteiger charge is 1.97. The van der Waals surface area contributed by atoms with E-state index in [1.807, 2.05) is 31.1 Å². The molecule has 0 amide bonds. The van der Waals surface area contributed by atoms with Crippen molar-refractivity contribution in [2.75, 3.05) is 26.1 Å². The fourth-order valence-electron chi connectivity index (χ4n) is 0.962. The van der Waals surface area contributed by atoms with Gasteiger partial charge in [0.25, 0.3) is 0 Å². The van der Waals surface area contributed by atoms with Crippen LogP contribution in [0.4, 0.5) is 5.82 Å². The number of rotatable bonds is 3. The monoisotopic (exact) mass is 166 g/mol. The molecule has 1 aromatic rings. The molecule has 0 saturated heterocycles. The van der Waals surface area contributed by atoms with Crippen LogP contribution in [-0.4, -0.2) is 26.2 Å². The highest BCUT2D eigenvalue weighted by molar-refractivity contribution is 5.38. The number of nitrogens with zero attached hydrogens (tertiary/aromatic N) is 2. The van der Waals surface area contributed by atoms with Crippen LogP contribution in [0.15, 0.2) is 18.3 Å². The lowest BCUT2D eigenvalue weighted by atomic mass is 10.3. The zero-order chi connectivity index (χ0) is 8.97. The van der Waals surface area contributed by atoms with E-state index in [1.165, 1.54) is 0 Å². The summed E-state index contributed by atoms with van der Waals surface area (Å²) >= 11 is 0. The first-order chi connectivity index (χ1) is 5.74. The van der Waals surface area contributed by atoms with Gasteiger partial charge in [-0.3, -0.25) is 0 Å². The maximum absolute atomic E-state index is 5.02. The minimum atomic E-state index is 0.642. The predicted octanol–water partition coefficient (Wildman–Crippen LogP) is 1.29. The summed E-state index contributed by atoms with van der Waals surface area (Å²) in [7, 11) is 5.63. The quantitative estimate of drug-likeness (QED) is 0.676. The molecule has 1 rings (SSSR count). The molecule has 0 N–H and O–H groups in total. The molecule has 12 heavy (non-hydrogen) atoms. The normalized spacial score (nSPS) is 9.92. The molecule has 0 fully saturated rings. The van der Waals surface area contributed by atoms with Crippen molar-refractivity contribution in [2.45, 2.75) is 6.61 Å². The zero-order valence-electron chi connectivity index (χ0n) is 7.74. The van der Waals surface area contributed by atoms with Crippen molar-refractivity contribution in [1.82, 2.24) is 4.98 Å². The summed E-state index contributed by atoms with van der Waals surface area (Å²) in [6.45, 7) is 0.642.